The van der Waals surface area contributed by atoms with E-state index in [-0.39, 0.29) is 5.91 Å². The smallest absolute Gasteiger partial charge is 0.253 e. The number of nitrogens with zero attached hydrogens (tertiary/aromatic N) is 2. The molecule has 0 aliphatic carbocycles. The fourth-order valence-electron chi connectivity index (χ4n) is 4.51. The highest BCUT2D eigenvalue weighted by molar-refractivity contribution is 7.99. The largest absolute Gasteiger partial charge is 0.496 e. The number of para-hydroxylation sites is 1. The number of likely N-dealkylation sites (tertiary alicyclic amines) is 2. The second-order valence-electron chi connectivity index (χ2n) is 8.24. The zero-order valence-electron chi connectivity index (χ0n) is 18.3. The minimum atomic E-state index is -0.0621. The van der Waals surface area contributed by atoms with Gasteiger partial charge in [0.15, 0.2) is 0 Å². The lowest BCUT2D eigenvalue weighted by Crippen LogP contribution is -2.46. The molecule has 4 rings (SSSR count). The first kappa shape index (κ1) is 23.5. The summed E-state index contributed by atoms with van der Waals surface area (Å²) in [5.74, 6) is 0.707. The van der Waals surface area contributed by atoms with Gasteiger partial charge >= 0.3 is 0 Å². The van der Waals surface area contributed by atoms with Crippen LogP contribution in [0.2, 0.25) is 10.0 Å². The van der Waals surface area contributed by atoms with Gasteiger partial charge in [-0.05, 0) is 57.0 Å². The molecule has 2 aromatic carbocycles. The molecule has 0 unspecified atom stereocenters. The van der Waals surface area contributed by atoms with Crippen LogP contribution in [-0.2, 0) is 4.79 Å². The molecule has 0 bridgehead atoms. The molecule has 2 saturated heterocycles. The summed E-state index contributed by atoms with van der Waals surface area (Å²) in [7, 11) is 1.64. The number of methoxy groups -OCH3 is 1. The molecule has 0 N–H and O–H groups in total. The second kappa shape index (κ2) is 10.5. The van der Waals surface area contributed by atoms with Crippen LogP contribution < -0.4 is 4.74 Å². The van der Waals surface area contributed by atoms with Gasteiger partial charge in [0.2, 0.25) is 0 Å². The van der Waals surface area contributed by atoms with Crippen molar-refractivity contribution in [3.05, 3.63) is 58.6 Å². The lowest BCUT2D eigenvalue weighted by molar-refractivity contribution is -0.126. The predicted molar refractivity (Wildman–Crippen MR) is 133 cm³/mol. The molecule has 2 fully saturated rings. The van der Waals surface area contributed by atoms with Crippen LogP contribution >= 0.6 is 35.0 Å². The molecule has 7 heteroatoms. The fraction of sp³-hybridized carbons (Fsp3) is 0.400. The Morgan fingerprint density at radius 1 is 1.00 bits per heavy atom. The van der Waals surface area contributed by atoms with Gasteiger partial charge in [0.1, 0.15) is 5.75 Å². The molecule has 2 heterocycles. The van der Waals surface area contributed by atoms with E-state index in [1.807, 2.05) is 41.3 Å². The Hall–Kier alpha value is -1.66. The Balaban J connectivity index is 1.44. The van der Waals surface area contributed by atoms with Crippen molar-refractivity contribution in [2.75, 3.05) is 33.3 Å². The van der Waals surface area contributed by atoms with Crippen molar-refractivity contribution >= 4 is 46.4 Å². The molecule has 32 heavy (non-hydrogen) atoms. The number of carbonyl (C=O) groups excluding carboxylic acids is 1. The maximum atomic E-state index is 13.1. The molecule has 2 aliphatic rings. The van der Waals surface area contributed by atoms with Gasteiger partial charge in [0.25, 0.3) is 5.91 Å². The van der Waals surface area contributed by atoms with Crippen LogP contribution in [0.1, 0.15) is 31.2 Å². The molecular formula is C25H28Cl2N2O2S. The van der Waals surface area contributed by atoms with Crippen LogP contribution in [-0.4, -0.2) is 55.0 Å². The van der Waals surface area contributed by atoms with E-state index in [2.05, 4.69) is 11.5 Å². The average molecular weight is 491 g/mol. The van der Waals surface area contributed by atoms with Gasteiger partial charge in [-0.1, -0.05) is 59.7 Å². The van der Waals surface area contributed by atoms with Gasteiger partial charge in [0, 0.05) is 35.2 Å². The summed E-state index contributed by atoms with van der Waals surface area (Å²) < 4.78 is 5.42. The standard InChI is InChI=1S/C25H28Cl2N2O2S/c1-17(25(30)29-15-11-18(12-16-29)28-13-5-6-14-28)19-9-10-22(24(27)23(19)26)32-21-8-4-3-7-20(21)31-2/h3-4,7-10,18H,1,5-6,11-16H2,2H3. The van der Waals surface area contributed by atoms with E-state index in [0.29, 0.717) is 27.2 Å². The van der Waals surface area contributed by atoms with Gasteiger partial charge in [-0.15, -0.1) is 0 Å². The summed E-state index contributed by atoms with van der Waals surface area (Å²) in [5, 5.41) is 0.777. The highest BCUT2D eigenvalue weighted by atomic mass is 35.5. The normalized spacial score (nSPS) is 17.5. The van der Waals surface area contributed by atoms with Crippen LogP contribution in [0.15, 0.2) is 52.8 Å². The molecule has 0 saturated carbocycles. The molecule has 170 valence electrons. The summed E-state index contributed by atoms with van der Waals surface area (Å²) >= 11 is 14.7. The topological polar surface area (TPSA) is 32.8 Å². The van der Waals surface area contributed by atoms with Crippen molar-refractivity contribution < 1.29 is 9.53 Å². The highest BCUT2D eigenvalue weighted by Gasteiger charge is 2.30. The number of ether oxygens (including phenoxy) is 1. The van der Waals surface area contributed by atoms with Crippen LogP contribution in [0.4, 0.5) is 0 Å². The molecule has 4 nitrogen and oxygen atoms in total. The summed E-state index contributed by atoms with van der Waals surface area (Å²) in [5.41, 5.74) is 0.984. The highest BCUT2D eigenvalue weighted by Crippen LogP contribution is 2.43. The van der Waals surface area contributed by atoms with Gasteiger partial charge < -0.3 is 14.5 Å². The molecular weight excluding hydrogens is 463 g/mol. The number of amides is 1. The molecule has 2 aliphatic heterocycles. The second-order valence-corrected chi connectivity index (χ2v) is 10.1. The van der Waals surface area contributed by atoms with E-state index in [1.165, 1.54) is 37.7 Å². The third-order valence-electron chi connectivity index (χ3n) is 6.33. The molecule has 2 aromatic rings. The van der Waals surface area contributed by atoms with Crippen molar-refractivity contribution in [1.29, 1.82) is 0 Å². The first-order chi connectivity index (χ1) is 15.5. The molecule has 1 amide bonds. The average Bonchev–Trinajstić information content (AvgIpc) is 3.37. The SMILES string of the molecule is C=C(C(=O)N1CCC(N2CCCC2)CC1)c1ccc(Sc2ccccc2OC)c(Cl)c1Cl. The Labute approximate surface area is 204 Å². The van der Waals surface area contributed by atoms with Crippen molar-refractivity contribution in [3.63, 3.8) is 0 Å². The Bertz CT molecular complexity index is 999. The Morgan fingerprint density at radius 2 is 1.69 bits per heavy atom. The van der Waals surface area contributed by atoms with Gasteiger partial charge in [-0.25, -0.2) is 0 Å². The minimum Gasteiger partial charge on any atom is -0.496 e. The van der Waals surface area contributed by atoms with E-state index in [0.717, 1.165) is 41.5 Å². The molecule has 0 aromatic heterocycles. The lowest BCUT2D eigenvalue weighted by Gasteiger charge is -2.37. The number of hydrogen-bond acceptors (Lipinski definition) is 4. The first-order valence-corrected chi connectivity index (χ1v) is 12.6. The van der Waals surface area contributed by atoms with E-state index < -0.39 is 0 Å². The van der Waals surface area contributed by atoms with Gasteiger partial charge in [0.05, 0.1) is 22.1 Å². The quantitative estimate of drug-likeness (QED) is 0.447. The molecule has 0 atom stereocenters. The third kappa shape index (κ3) is 4.96. The minimum absolute atomic E-state index is 0.0621. The van der Waals surface area contributed by atoms with Crippen LogP contribution in [0.25, 0.3) is 5.57 Å². The summed E-state index contributed by atoms with van der Waals surface area (Å²) in [6.45, 7) is 7.97. The molecule has 0 radical (unpaired) electrons. The third-order valence-corrected chi connectivity index (χ3v) is 8.44. The number of benzene rings is 2. The monoisotopic (exact) mass is 490 g/mol. The maximum absolute atomic E-state index is 13.1. The summed E-state index contributed by atoms with van der Waals surface area (Å²) in [4.78, 5) is 19.4. The predicted octanol–water partition coefficient (Wildman–Crippen LogP) is 6.25. The van der Waals surface area contributed by atoms with Crippen LogP contribution in [0, 0.1) is 0 Å². The van der Waals surface area contributed by atoms with E-state index in [9.17, 15) is 4.79 Å². The lowest BCUT2D eigenvalue weighted by atomic mass is 10.0. The Morgan fingerprint density at radius 3 is 2.38 bits per heavy atom. The van der Waals surface area contributed by atoms with Crippen molar-refractivity contribution in [2.45, 2.75) is 41.5 Å². The maximum Gasteiger partial charge on any atom is 0.253 e. The number of carbonyl (C=O) groups is 1. The summed E-state index contributed by atoms with van der Waals surface area (Å²) in [6, 6.07) is 12.1. The zero-order chi connectivity index (χ0) is 22.7. The van der Waals surface area contributed by atoms with E-state index in [4.69, 9.17) is 27.9 Å². The van der Waals surface area contributed by atoms with Gasteiger partial charge in [-0.2, -0.15) is 0 Å². The Kier molecular flexibility index (Phi) is 7.72. The number of hydrogen-bond donors (Lipinski definition) is 0. The summed E-state index contributed by atoms with van der Waals surface area (Å²) in [6.07, 6.45) is 4.62. The van der Waals surface area contributed by atoms with Crippen molar-refractivity contribution in [2.24, 2.45) is 0 Å². The van der Waals surface area contributed by atoms with Gasteiger partial charge in [-0.3, -0.25) is 4.79 Å². The van der Waals surface area contributed by atoms with Crippen molar-refractivity contribution in [3.8, 4) is 5.75 Å². The number of halogens is 2. The van der Waals surface area contributed by atoms with Crippen molar-refractivity contribution in [1.82, 2.24) is 9.80 Å². The van der Waals surface area contributed by atoms with Crippen LogP contribution in [0.5, 0.6) is 5.75 Å². The first-order valence-electron chi connectivity index (χ1n) is 11.0. The van der Waals surface area contributed by atoms with E-state index in [1.54, 1.807) is 7.11 Å². The van der Waals surface area contributed by atoms with Crippen LogP contribution in [0.3, 0.4) is 0 Å². The van der Waals surface area contributed by atoms with E-state index >= 15 is 0 Å². The molecule has 0 spiro atoms. The number of piperidine rings is 1. The number of rotatable bonds is 6. The zero-order valence-corrected chi connectivity index (χ0v) is 20.6. The fourth-order valence-corrected chi connectivity index (χ4v) is 6.09.